The largest absolute Gasteiger partial charge is 0.464 e. The van der Waals surface area contributed by atoms with Gasteiger partial charge in [-0.1, -0.05) is 97.1 Å². The summed E-state index contributed by atoms with van der Waals surface area (Å²) in [4.78, 5) is 0. The molecule has 5 heteroatoms. The Kier molecular flexibility index (Phi) is 19.2. The average molecular weight is 620 g/mol. The fraction of sp³-hybridized carbons (Fsp3) is 0.487. The summed E-state index contributed by atoms with van der Waals surface area (Å²) in [5.41, 5.74) is 4.73. The van der Waals surface area contributed by atoms with Crippen molar-refractivity contribution in [3.8, 4) is 0 Å². The number of nitrogens with one attached hydrogen (secondary N) is 1. The van der Waals surface area contributed by atoms with Crippen molar-refractivity contribution >= 4 is 32.4 Å². The topological polar surface area (TPSA) is 65.6 Å². The highest BCUT2D eigenvalue weighted by molar-refractivity contribution is 7.17. The standard InChI is InChI=1S/C14H18O2.C14H18S.C9H15NO.C2H6/c1-2-3-4-13(15)10-11-5-6-14-12(9-11)7-8-16-14;1-2-3-4-5-6-12-7-8-14-13(11-12)9-10-15-14;1-2-9(11)7-8-5-3-4-6-10-8;1-2/h5-9,13,15H,2-4,10H2,1H3;7-11H,2-6H2,1H3;3-5,9-11H,2,6-7H2,1H3;1-2H3. The molecule has 44 heavy (non-hydrogen) atoms. The van der Waals surface area contributed by atoms with Gasteiger partial charge in [0.2, 0.25) is 0 Å². The van der Waals surface area contributed by atoms with Gasteiger partial charge in [-0.15, -0.1) is 11.3 Å². The molecule has 3 heterocycles. The molecule has 0 aliphatic carbocycles. The third-order valence-electron chi connectivity index (χ3n) is 7.52. The predicted octanol–water partition coefficient (Wildman–Crippen LogP) is 10.8. The van der Waals surface area contributed by atoms with Gasteiger partial charge in [-0.05, 0) is 90.4 Å². The number of dihydropyridines is 1. The molecular formula is C39H57NO3S. The van der Waals surface area contributed by atoms with Crippen molar-refractivity contribution in [3.63, 3.8) is 0 Å². The van der Waals surface area contributed by atoms with Gasteiger partial charge < -0.3 is 19.9 Å². The highest BCUT2D eigenvalue weighted by Crippen LogP contribution is 2.23. The molecule has 0 bridgehead atoms. The van der Waals surface area contributed by atoms with Crippen LogP contribution in [-0.4, -0.2) is 29.0 Å². The van der Waals surface area contributed by atoms with Crippen molar-refractivity contribution < 1.29 is 14.6 Å². The lowest BCUT2D eigenvalue weighted by atomic mass is 10.0. The van der Waals surface area contributed by atoms with E-state index in [0.29, 0.717) is 0 Å². The van der Waals surface area contributed by atoms with Crippen molar-refractivity contribution in [2.45, 2.75) is 117 Å². The van der Waals surface area contributed by atoms with Crippen molar-refractivity contribution in [1.82, 2.24) is 5.32 Å². The molecule has 2 aromatic carbocycles. The van der Waals surface area contributed by atoms with E-state index in [9.17, 15) is 10.2 Å². The summed E-state index contributed by atoms with van der Waals surface area (Å²) >= 11 is 1.83. The maximum absolute atomic E-state index is 9.83. The van der Waals surface area contributed by atoms with E-state index in [1.165, 1.54) is 53.3 Å². The van der Waals surface area contributed by atoms with Crippen LogP contribution in [0.25, 0.3) is 21.1 Å². The molecular weight excluding hydrogens is 563 g/mol. The number of unbranched alkanes of at least 4 members (excludes halogenated alkanes) is 4. The van der Waals surface area contributed by atoms with Crippen LogP contribution in [0.1, 0.15) is 104 Å². The Morgan fingerprint density at radius 3 is 2.32 bits per heavy atom. The Hall–Kier alpha value is -2.86. The van der Waals surface area contributed by atoms with Crippen LogP contribution >= 0.6 is 11.3 Å². The Labute approximate surface area is 270 Å². The van der Waals surface area contributed by atoms with Gasteiger partial charge in [0, 0.05) is 28.7 Å². The number of hydrogen-bond donors (Lipinski definition) is 3. The molecule has 0 saturated carbocycles. The molecule has 5 rings (SSSR count). The first kappa shape index (κ1) is 37.3. The third-order valence-corrected chi connectivity index (χ3v) is 8.42. The molecule has 0 amide bonds. The van der Waals surface area contributed by atoms with Crippen molar-refractivity contribution in [1.29, 1.82) is 0 Å². The maximum atomic E-state index is 9.83. The van der Waals surface area contributed by atoms with Gasteiger partial charge in [-0.3, -0.25) is 0 Å². The van der Waals surface area contributed by atoms with Crippen LogP contribution in [0.4, 0.5) is 0 Å². The number of rotatable bonds is 13. The van der Waals surface area contributed by atoms with Crippen LogP contribution in [0, 0.1) is 0 Å². The first-order chi connectivity index (χ1) is 21.5. The third kappa shape index (κ3) is 14.3. The monoisotopic (exact) mass is 619 g/mol. The summed E-state index contributed by atoms with van der Waals surface area (Å²) in [7, 11) is 0. The number of aliphatic hydroxyl groups excluding tert-OH is 2. The minimum atomic E-state index is -0.218. The van der Waals surface area contributed by atoms with E-state index in [4.69, 9.17) is 4.42 Å². The highest BCUT2D eigenvalue weighted by Gasteiger charge is 2.07. The zero-order valence-electron chi connectivity index (χ0n) is 27.9. The van der Waals surface area contributed by atoms with E-state index in [2.05, 4.69) is 61.0 Å². The summed E-state index contributed by atoms with van der Waals surface area (Å²) in [5, 5.41) is 27.0. The lowest BCUT2D eigenvalue weighted by molar-refractivity contribution is 0.162. The highest BCUT2D eigenvalue weighted by atomic mass is 32.1. The quantitative estimate of drug-likeness (QED) is 0.130. The van der Waals surface area contributed by atoms with Crippen LogP contribution in [0.5, 0.6) is 0 Å². The van der Waals surface area contributed by atoms with Crippen LogP contribution in [0.15, 0.2) is 88.5 Å². The fourth-order valence-corrected chi connectivity index (χ4v) is 5.70. The number of thiophene rings is 1. The second-order valence-electron chi connectivity index (χ2n) is 11.2. The van der Waals surface area contributed by atoms with Crippen LogP contribution in [0.2, 0.25) is 0 Å². The lowest BCUT2D eigenvalue weighted by Gasteiger charge is -2.14. The first-order valence-corrected chi connectivity index (χ1v) is 17.8. The predicted molar refractivity (Wildman–Crippen MR) is 193 cm³/mol. The molecule has 4 nitrogen and oxygen atoms in total. The minimum Gasteiger partial charge on any atom is -0.464 e. The summed E-state index contributed by atoms with van der Waals surface area (Å²) in [6.45, 7) is 11.3. The van der Waals surface area contributed by atoms with E-state index in [1.54, 1.807) is 6.26 Å². The van der Waals surface area contributed by atoms with Crippen molar-refractivity contribution in [3.05, 3.63) is 95.2 Å². The smallest absolute Gasteiger partial charge is 0.133 e. The zero-order valence-corrected chi connectivity index (χ0v) is 28.7. The number of hydrogen-bond acceptors (Lipinski definition) is 5. The second-order valence-corrected chi connectivity index (χ2v) is 12.1. The molecule has 3 N–H and O–H groups in total. The average Bonchev–Trinajstić information content (AvgIpc) is 3.73. The van der Waals surface area contributed by atoms with Gasteiger partial charge in [0.25, 0.3) is 0 Å². The molecule has 4 aromatic rings. The Bertz CT molecular complexity index is 1350. The maximum Gasteiger partial charge on any atom is 0.133 e. The normalized spacial score (nSPS) is 13.4. The number of benzene rings is 2. The number of aliphatic hydroxyl groups is 2. The molecule has 1 aliphatic rings. The SMILES string of the molecule is CC.CCC(O)CC1=CC=CCN1.CCCCC(O)Cc1ccc2occc2c1.CCCCCCc1ccc2sccc2c1. The molecule has 0 saturated heterocycles. The van der Waals surface area contributed by atoms with E-state index in [-0.39, 0.29) is 12.2 Å². The molecule has 0 spiro atoms. The van der Waals surface area contributed by atoms with E-state index in [0.717, 1.165) is 61.7 Å². The number of allylic oxidation sites excluding steroid dienone is 2. The van der Waals surface area contributed by atoms with E-state index in [1.807, 2.05) is 62.5 Å². The zero-order chi connectivity index (χ0) is 32.0. The van der Waals surface area contributed by atoms with E-state index >= 15 is 0 Å². The first-order valence-electron chi connectivity index (χ1n) is 16.9. The fourth-order valence-electron chi connectivity index (χ4n) is 4.92. The molecule has 0 radical (unpaired) electrons. The van der Waals surface area contributed by atoms with Crippen molar-refractivity contribution in [2.24, 2.45) is 0 Å². The Morgan fingerprint density at radius 1 is 0.818 bits per heavy atom. The van der Waals surface area contributed by atoms with Gasteiger partial charge in [0.1, 0.15) is 5.58 Å². The molecule has 1 aliphatic heterocycles. The number of fused-ring (bicyclic) bond motifs is 2. The van der Waals surface area contributed by atoms with Gasteiger partial charge in [0.15, 0.2) is 0 Å². The molecule has 2 aromatic heterocycles. The van der Waals surface area contributed by atoms with Gasteiger partial charge >= 0.3 is 0 Å². The summed E-state index contributed by atoms with van der Waals surface area (Å²) in [6.07, 6.45) is 19.5. The molecule has 2 atom stereocenters. The van der Waals surface area contributed by atoms with Gasteiger partial charge in [-0.2, -0.15) is 0 Å². The second kappa shape index (κ2) is 22.6. The Balaban J connectivity index is 0.000000227. The van der Waals surface area contributed by atoms with Crippen LogP contribution in [-0.2, 0) is 12.8 Å². The summed E-state index contributed by atoms with van der Waals surface area (Å²) in [6, 6.07) is 17.1. The molecule has 242 valence electrons. The number of furan rings is 1. The summed E-state index contributed by atoms with van der Waals surface area (Å²) < 4.78 is 6.69. The minimum absolute atomic E-state index is 0.194. The van der Waals surface area contributed by atoms with Gasteiger partial charge in [-0.25, -0.2) is 0 Å². The molecule has 0 fully saturated rings. The van der Waals surface area contributed by atoms with Crippen molar-refractivity contribution in [2.75, 3.05) is 6.54 Å². The van der Waals surface area contributed by atoms with Crippen LogP contribution < -0.4 is 5.32 Å². The van der Waals surface area contributed by atoms with Gasteiger partial charge in [0.05, 0.1) is 18.5 Å². The Morgan fingerprint density at radius 2 is 1.59 bits per heavy atom. The number of aryl methyl sites for hydroxylation is 1. The van der Waals surface area contributed by atoms with Crippen LogP contribution in [0.3, 0.4) is 0 Å². The lowest BCUT2D eigenvalue weighted by Crippen LogP contribution is -2.19. The molecule has 2 unspecified atom stereocenters. The summed E-state index contributed by atoms with van der Waals surface area (Å²) in [5.74, 6) is 0. The van der Waals surface area contributed by atoms with E-state index < -0.39 is 0 Å².